The first kappa shape index (κ1) is 16.2. The molecule has 1 unspecified atom stereocenters. The first-order chi connectivity index (χ1) is 9.46. The van der Waals surface area contributed by atoms with Gasteiger partial charge in [-0.25, -0.2) is 8.42 Å². The number of nitrogens with one attached hydrogen (secondary N) is 1. The largest absolute Gasteiger partial charge is 0.316 e. The fraction of sp³-hybridized carbons (Fsp3) is 1.00. The van der Waals surface area contributed by atoms with Crippen molar-refractivity contribution in [2.24, 2.45) is 5.41 Å². The molecular weight excluding hydrogens is 272 g/mol. The van der Waals surface area contributed by atoms with Crippen molar-refractivity contribution in [3.63, 3.8) is 0 Å². The minimum atomic E-state index is -2.77. The highest BCUT2D eigenvalue weighted by molar-refractivity contribution is 7.91. The van der Waals surface area contributed by atoms with Gasteiger partial charge in [0, 0.05) is 19.1 Å². The van der Waals surface area contributed by atoms with Crippen LogP contribution in [-0.4, -0.2) is 57.5 Å². The van der Waals surface area contributed by atoms with Gasteiger partial charge in [-0.15, -0.1) is 0 Å². The monoisotopic (exact) mass is 302 g/mol. The molecule has 0 aromatic carbocycles. The summed E-state index contributed by atoms with van der Waals surface area (Å²) in [6.07, 6.45) is 7.21. The summed E-state index contributed by atoms with van der Waals surface area (Å²) in [6, 6.07) is 0.239. The molecule has 1 atom stereocenters. The maximum absolute atomic E-state index is 11.6. The van der Waals surface area contributed by atoms with Crippen molar-refractivity contribution < 1.29 is 8.42 Å². The molecule has 1 aliphatic carbocycles. The lowest BCUT2D eigenvalue weighted by Gasteiger charge is -2.36. The number of hydrogen-bond acceptors (Lipinski definition) is 4. The fourth-order valence-electron chi connectivity index (χ4n) is 3.83. The van der Waals surface area contributed by atoms with Crippen molar-refractivity contribution in [2.75, 3.05) is 38.2 Å². The summed E-state index contributed by atoms with van der Waals surface area (Å²) < 4.78 is 23.3. The van der Waals surface area contributed by atoms with Gasteiger partial charge in [0.1, 0.15) is 0 Å². The van der Waals surface area contributed by atoms with Crippen LogP contribution in [-0.2, 0) is 9.84 Å². The Labute approximate surface area is 124 Å². The number of sulfone groups is 1. The average Bonchev–Trinajstić information content (AvgIpc) is 2.97. The quantitative estimate of drug-likeness (QED) is 0.727. The van der Waals surface area contributed by atoms with Gasteiger partial charge in [-0.3, -0.25) is 0 Å². The van der Waals surface area contributed by atoms with Crippen molar-refractivity contribution in [2.45, 2.75) is 51.5 Å². The molecule has 2 rings (SSSR count). The van der Waals surface area contributed by atoms with Crippen LogP contribution in [0, 0.1) is 5.41 Å². The van der Waals surface area contributed by atoms with Crippen LogP contribution in [0.1, 0.15) is 45.4 Å². The van der Waals surface area contributed by atoms with Crippen LogP contribution in [0.4, 0.5) is 0 Å². The Bertz CT molecular complexity index is 402. The molecule has 1 saturated heterocycles. The molecule has 0 bridgehead atoms. The minimum Gasteiger partial charge on any atom is -0.316 e. The first-order valence-corrected chi connectivity index (χ1v) is 9.90. The molecular formula is C15H30N2O2S. The van der Waals surface area contributed by atoms with Gasteiger partial charge in [0.15, 0.2) is 9.84 Å². The molecule has 1 heterocycles. The van der Waals surface area contributed by atoms with E-state index < -0.39 is 9.84 Å². The van der Waals surface area contributed by atoms with E-state index in [1.165, 1.54) is 32.1 Å². The zero-order valence-electron chi connectivity index (χ0n) is 13.0. The van der Waals surface area contributed by atoms with E-state index in [9.17, 15) is 8.42 Å². The topological polar surface area (TPSA) is 49.4 Å². The van der Waals surface area contributed by atoms with Crippen molar-refractivity contribution in [1.29, 1.82) is 0 Å². The van der Waals surface area contributed by atoms with Crippen LogP contribution in [0.2, 0.25) is 0 Å². The van der Waals surface area contributed by atoms with Gasteiger partial charge in [-0.05, 0) is 44.7 Å². The van der Waals surface area contributed by atoms with Crippen LogP contribution in [0.3, 0.4) is 0 Å². The molecule has 0 aromatic heterocycles. The maximum Gasteiger partial charge on any atom is 0.151 e. The molecule has 20 heavy (non-hydrogen) atoms. The normalized spacial score (nSPS) is 28.2. The Morgan fingerprint density at radius 2 is 2.00 bits per heavy atom. The van der Waals surface area contributed by atoms with Crippen LogP contribution in [0.25, 0.3) is 0 Å². The third-order valence-corrected chi connectivity index (χ3v) is 6.76. The molecule has 0 radical (unpaired) electrons. The predicted octanol–water partition coefficient (Wildman–Crippen LogP) is 1.67. The van der Waals surface area contributed by atoms with E-state index in [0.717, 1.165) is 26.1 Å². The summed E-state index contributed by atoms with van der Waals surface area (Å²) in [6.45, 7) is 5.42. The van der Waals surface area contributed by atoms with Crippen LogP contribution in [0.15, 0.2) is 0 Å². The van der Waals surface area contributed by atoms with Crippen molar-refractivity contribution in [3.8, 4) is 0 Å². The van der Waals surface area contributed by atoms with Crippen molar-refractivity contribution in [1.82, 2.24) is 10.2 Å². The van der Waals surface area contributed by atoms with Gasteiger partial charge in [0.05, 0.1) is 11.5 Å². The van der Waals surface area contributed by atoms with Gasteiger partial charge in [0.25, 0.3) is 0 Å². The summed E-state index contributed by atoms with van der Waals surface area (Å²) in [5.74, 6) is 0.741. The molecule has 4 nitrogen and oxygen atoms in total. The highest BCUT2D eigenvalue weighted by Crippen LogP contribution is 2.39. The lowest BCUT2D eigenvalue weighted by molar-refractivity contribution is 0.143. The van der Waals surface area contributed by atoms with Crippen molar-refractivity contribution >= 4 is 9.84 Å². The third kappa shape index (κ3) is 4.18. The highest BCUT2D eigenvalue weighted by atomic mass is 32.2. The van der Waals surface area contributed by atoms with Crippen LogP contribution >= 0.6 is 0 Å². The number of nitrogens with zero attached hydrogens (tertiary/aromatic N) is 1. The van der Waals surface area contributed by atoms with Crippen LogP contribution in [0.5, 0.6) is 0 Å². The maximum atomic E-state index is 11.6. The molecule has 1 saturated carbocycles. The second-order valence-electron chi connectivity index (χ2n) is 6.86. The van der Waals surface area contributed by atoms with Gasteiger partial charge in [0.2, 0.25) is 0 Å². The third-order valence-electron chi connectivity index (χ3n) is 5.01. The minimum absolute atomic E-state index is 0.239. The highest BCUT2D eigenvalue weighted by Gasteiger charge is 2.38. The van der Waals surface area contributed by atoms with E-state index >= 15 is 0 Å². The number of hydrogen-bond donors (Lipinski definition) is 1. The number of rotatable bonds is 7. The fourth-order valence-corrected chi connectivity index (χ4v) is 5.63. The Balaban J connectivity index is 1.90. The zero-order chi connectivity index (χ0) is 14.6. The van der Waals surface area contributed by atoms with E-state index in [0.29, 0.717) is 16.9 Å². The van der Waals surface area contributed by atoms with E-state index in [1.807, 2.05) is 0 Å². The zero-order valence-corrected chi connectivity index (χ0v) is 13.8. The molecule has 2 aliphatic rings. The smallest absolute Gasteiger partial charge is 0.151 e. The van der Waals surface area contributed by atoms with Gasteiger partial charge >= 0.3 is 0 Å². The molecule has 0 amide bonds. The molecule has 0 aromatic rings. The lowest BCUT2D eigenvalue weighted by Crippen LogP contribution is -2.45. The molecule has 5 heteroatoms. The van der Waals surface area contributed by atoms with E-state index in [1.54, 1.807) is 0 Å². The van der Waals surface area contributed by atoms with E-state index in [4.69, 9.17) is 0 Å². The Kier molecular flexibility index (Phi) is 5.49. The molecule has 1 N–H and O–H groups in total. The Morgan fingerprint density at radius 1 is 1.30 bits per heavy atom. The average molecular weight is 302 g/mol. The summed E-state index contributed by atoms with van der Waals surface area (Å²) in [5, 5.41) is 3.59. The Hall–Kier alpha value is -0.130. The standard InChI is InChI=1S/C15H30N2O2S/c1-3-9-16-12-15(7-4-5-8-15)13-17(2)14-6-10-20(18,19)11-14/h14,16H,3-13H2,1-2H3. The predicted molar refractivity (Wildman–Crippen MR) is 83.8 cm³/mol. The summed E-state index contributed by atoms with van der Waals surface area (Å²) in [5.41, 5.74) is 0.371. The van der Waals surface area contributed by atoms with Gasteiger partial charge < -0.3 is 10.2 Å². The second kappa shape index (κ2) is 6.75. The molecule has 1 aliphatic heterocycles. The Morgan fingerprint density at radius 3 is 2.55 bits per heavy atom. The van der Waals surface area contributed by atoms with E-state index in [2.05, 4.69) is 24.2 Å². The van der Waals surface area contributed by atoms with Gasteiger partial charge in [-0.2, -0.15) is 0 Å². The first-order valence-electron chi connectivity index (χ1n) is 8.08. The molecule has 0 spiro atoms. The molecule has 2 fully saturated rings. The summed E-state index contributed by atoms with van der Waals surface area (Å²) in [7, 11) is -0.656. The van der Waals surface area contributed by atoms with Crippen LogP contribution < -0.4 is 5.32 Å². The molecule has 118 valence electrons. The summed E-state index contributed by atoms with van der Waals surface area (Å²) >= 11 is 0. The van der Waals surface area contributed by atoms with Gasteiger partial charge in [-0.1, -0.05) is 19.8 Å². The summed E-state index contributed by atoms with van der Waals surface area (Å²) in [4.78, 5) is 2.32. The van der Waals surface area contributed by atoms with E-state index in [-0.39, 0.29) is 6.04 Å². The SMILES string of the molecule is CCCNCC1(CN(C)C2CCS(=O)(=O)C2)CCCC1. The second-order valence-corrected chi connectivity index (χ2v) is 9.08. The lowest BCUT2D eigenvalue weighted by atomic mass is 9.85. The van der Waals surface area contributed by atoms with Crippen molar-refractivity contribution in [3.05, 3.63) is 0 Å².